The van der Waals surface area contributed by atoms with Gasteiger partial charge in [0.15, 0.2) is 0 Å². The number of aromatic nitrogens is 2. The predicted molar refractivity (Wildman–Crippen MR) is 80.2 cm³/mol. The number of fused-ring (bicyclic) bond motifs is 1. The van der Waals surface area contributed by atoms with Crippen molar-refractivity contribution in [3.05, 3.63) is 59.0 Å². The number of carbonyl (C=O) groups excluding carboxylic acids is 1. The summed E-state index contributed by atoms with van der Waals surface area (Å²) in [5, 5.41) is 4.27. The molecule has 2 N–H and O–H groups in total. The third-order valence-corrected chi connectivity index (χ3v) is 3.50. The molecule has 0 radical (unpaired) electrons. The lowest BCUT2D eigenvalue weighted by molar-refractivity contribution is 0.102. The van der Waals surface area contributed by atoms with Crippen molar-refractivity contribution in [1.29, 1.82) is 0 Å². The summed E-state index contributed by atoms with van der Waals surface area (Å²) in [7, 11) is 0. The van der Waals surface area contributed by atoms with Crippen molar-refractivity contribution in [3.63, 3.8) is 0 Å². The van der Waals surface area contributed by atoms with Crippen molar-refractivity contribution in [3.8, 4) is 0 Å². The van der Waals surface area contributed by atoms with E-state index in [1.54, 1.807) is 18.3 Å². The highest BCUT2D eigenvalue weighted by Crippen LogP contribution is 2.20. The number of nitrogens with one attached hydrogen (secondary N) is 2. The number of benzene rings is 1. The molecule has 0 aliphatic carbocycles. The standard InChI is InChI=1S/C15H12ClN3O/c1-9-7-11(8-18-14(9)16)19-15(20)12-4-2-3-10-5-6-17-13(10)12/h2-8,17H,1H3,(H,19,20). The van der Waals surface area contributed by atoms with Crippen molar-refractivity contribution in [2.24, 2.45) is 0 Å². The fourth-order valence-corrected chi connectivity index (χ4v) is 2.20. The Labute approximate surface area is 120 Å². The minimum Gasteiger partial charge on any atom is -0.361 e. The van der Waals surface area contributed by atoms with E-state index in [2.05, 4.69) is 15.3 Å². The molecule has 0 saturated carbocycles. The Morgan fingerprint density at radius 1 is 1.35 bits per heavy atom. The molecule has 3 rings (SSSR count). The second-order valence-corrected chi connectivity index (χ2v) is 4.89. The summed E-state index contributed by atoms with van der Waals surface area (Å²) in [5.74, 6) is -0.179. The van der Waals surface area contributed by atoms with Gasteiger partial charge < -0.3 is 10.3 Å². The van der Waals surface area contributed by atoms with Gasteiger partial charge in [0.25, 0.3) is 5.91 Å². The van der Waals surface area contributed by atoms with Gasteiger partial charge in [0.1, 0.15) is 5.15 Å². The average molecular weight is 286 g/mol. The number of halogens is 1. The molecule has 0 aliphatic rings. The summed E-state index contributed by atoms with van der Waals surface area (Å²) in [4.78, 5) is 19.4. The van der Waals surface area contributed by atoms with Crippen molar-refractivity contribution >= 4 is 34.1 Å². The van der Waals surface area contributed by atoms with E-state index in [1.807, 2.05) is 31.3 Å². The van der Waals surface area contributed by atoms with E-state index in [4.69, 9.17) is 11.6 Å². The fraction of sp³-hybridized carbons (Fsp3) is 0.0667. The highest BCUT2D eigenvalue weighted by molar-refractivity contribution is 6.30. The molecule has 1 aromatic carbocycles. The van der Waals surface area contributed by atoms with Crippen molar-refractivity contribution in [1.82, 2.24) is 9.97 Å². The summed E-state index contributed by atoms with van der Waals surface area (Å²) >= 11 is 5.87. The number of pyridine rings is 1. The van der Waals surface area contributed by atoms with Crippen LogP contribution in [-0.4, -0.2) is 15.9 Å². The van der Waals surface area contributed by atoms with Gasteiger partial charge in [-0.2, -0.15) is 0 Å². The molecule has 0 saturated heterocycles. The van der Waals surface area contributed by atoms with Crippen LogP contribution in [-0.2, 0) is 0 Å². The number of anilines is 1. The maximum absolute atomic E-state index is 12.3. The van der Waals surface area contributed by atoms with Crippen LogP contribution in [0.5, 0.6) is 0 Å². The fourth-order valence-electron chi connectivity index (χ4n) is 2.10. The molecule has 1 amide bonds. The lowest BCUT2D eigenvalue weighted by Gasteiger charge is -2.07. The Balaban J connectivity index is 1.93. The first-order chi connectivity index (χ1) is 9.65. The van der Waals surface area contributed by atoms with Crippen LogP contribution in [0.3, 0.4) is 0 Å². The van der Waals surface area contributed by atoms with Crippen LogP contribution in [0.25, 0.3) is 10.9 Å². The number of aromatic amines is 1. The van der Waals surface area contributed by atoms with E-state index >= 15 is 0 Å². The minimum atomic E-state index is -0.179. The number of rotatable bonds is 2. The number of nitrogens with zero attached hydrogens (tertiary/aromatic N) is 1. The van der Waals surface area contributed by atoms with Gasteiger partial charge in [-0.15, -0.1) is 0 Å². The van der Waals surface area contributed by atoms with Gasteiger partial charge in [0.2, 0.25) is 0 Å². The molecule has 20 heavy (non-hydrogen) atoms. The van der Waals surface area contributed by atoms with Gasteiger partial charge in [0, 0.05) is 11.6 Å². The van der Waals surface area contributed by atoms with Gasteiger partial charge in [-0.3, -0.25) is 4.79 Å². The number of amides is 1. The van der Waals surface area contributed by atoms with Gasteiger partial charge >= 0.3 is 0 Å². The zero-order chi connectivity index (χ0) is 14.1. The van der Waals surface area contributed by atoms with E-state index in [-0.39, 0.29) is 5.91 Å². The monoisotopic (exact) mass is 285 g/mol. The highest BCUT2D eigenvalue weighted by Gasteiger charge is 2.11. The number of carbonyl (C=O) groups is 1. The smallest absolute Gasteiger partial charge is 0.257 e. The van der Waals surface area contributed by atoms with Gasteiger partial charge in [0.05, 0.1) is 23.0 Å². The third kappa shape index (κ3) is 2.26. The molecule has 3 aromatic rings. The average Bonchev–Trinajstić information content (AvgIpc) is 2.91. The number of hydrogen-bond acceptors (Lipinski definition) is 2. The van der Waals surface area contributed by atoms with E-state index in [9.17, 15) is 4.79 Å². The molecular weight excluding hydrogens is 274 g/mol. The number of aryl methyl sites for hydroxylation is 1. The zero-order valence-electron chi connectivity index (χ0n) is 10.8. The van der Waals surface area contributed by atoms with Crippen LogP contribution in [0.2, 0.25) is 5.15 Å². The van der Waals surface area contributed by atoms with Crippen LogP contribution in [0.15, 0.2) is 42.7 Å². The lowest BCUT2D eigenvalue weighted by atomic mass is 10.1. The Morgan fingerprint density at radius 3 is 3.00 bits per heavy atom. The molecule has 0 fully saturated rings. The van der Waals surface area contributed by atoms with Crippen LogP contribution in [0.4, 0.5) is 5.69 Å². The SMILES string of the molecule is Cc1cc(NC(=O)c2cccc3cc[nH]c23)cnc1Cl. The lowest BCUT2D eigenvalue weighted by Crippen LogP contribution is -2.12. The largest absolute Gasteiger partial charge is 0.361 e. The Bertz CT molecular complexity index is 795. The minimum absolute atomic E-state index is 0.179. The van der Waals surface area contributed by atoms with Crippen LogP contribution in [0.1, 0.15) is 15.9 Å². The Morgan fingerprint density at radius 2 is 2.20 bits per heavy atom. The van der Waals surface area contributed by atoms with Crippen molar-refractivity contribution < 1.29 is 4.79 Å². The van der Waals surface area contributed by atoms with Gasteiger partial charge in [-0.1, -0.05) is 23.7 Å². The maximum atomic E-state index is 12.3. The molecule has 0 atom stereocenters. The molecule has 0 bridgehead atoms. The topological polar surface area (TPSA) is 57.8 Å². The molecule has 0 spiro atoms. The first kappa shape index (κ1) is 12.7. The highest BCUT2D eigenvalue weighted by atomic mass is 35.5. The molecule has 100 valence electrons. The van der Waals surface area contributed by atoms with E-state index < -0.39 is 0 Å². The second-order valence-electron chi connectivity index (χ2n) is 4.53. The summed E-state index contributed by atoms with van der Waals surface area (Å²) in [5.41, 5.74) is 2.87. The van der Waals surface area contributed by atoms with E-state index in [1.165, 1.54) is 0 Å². The van der Waals surface area contributed by atoms with Gasteiger partial charge in [-0.25, -0.2) is 4.98 Å². The number of hydrogen-bond donors (Lipinski definition) is 2. The molecule has 0 unspecified atom stereocenters. The molecular formula is C15H12ClN3O. The Kier molecular flexibility index (Phi) is 3.16. The summed E-state index contributed by atoms with van der Waals surface area (Å²) < 4.78 is 0. The maximum Gasteiger partial charge on any atom is 0.257 e. The molecule has 2 aromatic heterocycles. The van der Waals surface area contributed by atoms with Crippen molar-refractivity contribution in [2.45, 2.75) is 6.92 Å². The normalized spacial score (nSPS) is 10.7. The predicted octanol–water partition coefficient (Wildman–Crippen LogP) is 3.78. The number of para-hydroxylation sites is 1. The zero-order valence-corrected chi connectivity index (χ0v) is 11.5. The first-order valence-corrected chi connectivity index (χ1v) is 6.52. The third-order valence-electron chi connectivity index (χ3n) is 3.10. The molecule has 4 nitrogen and oxygen atoms in total. The van der Waals surface area contributed by atoms with E-state index in [0.29, 0.717) is 16.4 Å². The Hall–Kier alpha value is -2.33. The second kappa shape index (κ2) is 4.98. The van der Waals surface area contributed by atoms with Crippen LogP contribution in [0, 0.1) is 6.92 Å². The molecule has 5 heteroatoms. The van der Waals surface area contributed by atoms with Crippen LogP contribution >= 0.6 is 11.6 Å². The first-order valence-electron chi connectivity index (χ1n) is 6.15. The molecule has 0 aliphatic heterocycles. The summed E-state index contributed by atoms with van der Waals surface area (Å²) in [6, 6.07) is 9.32. The quantitative estimate of drug-likeness (QED) is 0.704. The van der Waals surface area contributed by atoms with E-state index in [0.717, 1.165) is 16.5 Å². The summed E-state index contributed by atoms with van der Waals surface area (Å²) in [6.45, 7) is 1.84. The van der Waals surface area contributed by atoms with Crippen molar-refractivity contribution in [2.75, 3.05) is 5.32 Å². The van der Waals surface area contributed by atoms with Crippen LogP contribution < -0.4 is 5.32 Å². The van der Waals surface area contributed by atoms with Gasteiger partial charge in [-0.05, 0) is 30.7 Å². The number of H-pyrrole nitrogens is 1. The summed E-state index contributed by atoms with van der Waals surface area (Å²) in [6.07, 6.45) is 3.36. The molecule has 2 heterocycles.